The van der Waals surface area contributed by atoms with E-state index in [9.17, 15) is 9.59 Å². The van der Waals surface area contributed by atoms with Crippen molar-refractivity contribution in [3.8, 4) is 0 Å². The monoisotopic (exact) mass is 391 g/mol. The average Bonchev–Trinajstić information content (AvgIpc) is 3.18. The topological polar surface area (TPSA) is 61.4 Å². The molecule has 4 rings (SSSR count). The minimum atomic E-state index is -0.231. The number of hydrogen-bond donors (Lipinski definition) is 2. The normalized spacial score (nSPS) is 29.5. The zero-order chi connectivity index (χ0) is 18.1. The highest BCUT2D eigenvalue weighted by Gasteiger charge is 2.38. The first-order valence-electron chi connectivity index (χ1n) is 10.1. The molecule has 27 heavy (non-hydrogen) atoms. The molecule has 0 aliphatic carbocycles. The summed E-state index contributed by atoms with van der Waals surface area (Å²) in [6.07, 6.45) is 6.97. The van der Waals surface area contributed by atoms with Crippen molar-refractivity contribution < 1.29 is 9.59 Å². The number of nitrogens with zero attached hydrogens (tertiary/aromatic N) is 1. The van der Waals surface area contributed by atoms with Crippen LogP contribution >= 0.6 is 12.4 Å². The van der Waals surface area contributed by atoms with E-state index in [4.69, 9.17) is 0 Å². The summed E-state index contributed by atoms with van der Waals surface area (Å²) in [4.78, 5) is 26.9. The van der Waals surface area contributed by atoms with Gasteiger partial charge >= 0.3 is 0 Å². The first-order chi connectivity index (χ1) is 12.6. The van der Waals surface area contributed by atoms with Crippen molar-refractivity contribution in [3.05, 3.63) is 29.8 Å². The van der Waals surface area contributed by atoms with E-state index >= 15 is 0 Å². The Morgan fingerprint density at radius 3 is 2.48 bits per heavy atom. The van der Waals surface area contributed by atoms with Crippen LogP contribution in [-0.2, 0) is 16.0 Å². The number of anilines is 1. The Morgan fingerprint density at radius 2 is 1.85 bits per heavy atom. The summed E-state index contributed by atoms with van der Waals surface area (Å²) in [6.45, 7) is 2.66. The number of fused-ring (bicyclic) bond motifs is 2. The SMILES string of the molecule is CCCc1ccc(N2CC(C(=O)NC3CC4CCC(C3)N4)CC2=O)cc1.Cl. The van der Waals surface area contributed by atoms with E-state index in [1.54, 1.807) is 4.90 Å². The molecule has 2 amide bonds. The maximum atomic E-state index is 12.7. The lowest BCUT2D eigenvalue weighted by Crippen LogP contribution is -2.49. The van der Waals surface area contributed by atoms with Gasteiger partial charge in [-0.2, -0.15) is 0 Å². The van der Waals surface area contributed by atoms with E-state index in [0.29, 0.717) is 25.0 Å². The van der Waals surface area contributed by atoms with Gasteiger partial charge in [0.2, 0.25) is 11.8 Å². The van der Waals surface area contributed by atoms with Gasteiger partial charge < -0.3 is 15.5 Å². The zero-order valence-corrected chi connectivity index (χ0v) is 16.8. The molecule has 2 N–H and O–H groups in total. The van der Waals surface area contributed by atoms with Gasteiger partial charge in [-0.15, -0.1) is 12.4 Å². The average molecular weight is 392 g/mol. The molecule has 0 radical (unpaired) electrons. The van der Waals surface area contributed by atoms with Crippen molar-refractivity contribution in [1.82, 2.24) is 10.6 Å². The molecule has 6 heteroatoms. The lowest BCUT2D eigenvalue weighted by Gasteiger charge is -2.30. The molecular formula is C21H30ClN3O2. The third-order valence-electron chi connectivity index (χ3n) is 6.10. The number of nitrogens with one attached hydrogen (secondary N) is 2. The summed E-state index contributed by atoms with van der Waals surface area (Å²) in [5.41, 5.74) is 2.20. The summed E-state index contributed by atoms with van der Waals surface area (Å²) < 4.78 is 0. The Hall–Kier alpha value is -1.59. The lowest BCUT2D eigenvalue weighted by molar-refractivity contribution is -0.127. The van der Waals surface area contributed by atoms with Gasteiger partial charge in [0.1, 0.15) is 0 Å². The number of rotatable bonds is 5. The van der Waals surface area contributed by atoms with Gasteiger partial charge in [-0.25, -0.2) is 0 Å². The van der Waals surface area contributed by atoms with Crippen molar-refractivity contribution in [2.75, 3.05) is 11.4 Å². The van der Waals surface area contributed by atoms with Crippen molar-refractivity contribution in [2.45, 2.75) is 70.0 Å². The molecule has 0 saturated carbocycles. The molecule has 3 heterocycles. The van der Waals surface area contributed by atoms with Crippen LogP contribution in [-0.4, -0.2) is 36.5 Å². The van der Waals surface area contributed by atoms with E-state index in [-0.39, 0.29) is 36.2 Å². The summed E-state index contributed by atoms with van der Waals surface area (Å²) in [5, 5.41) is 6.82. The van der Waals surface area contributed by atoms with Gasteiger partial charge in [0.25, 0.3) is 0 Å². The van der Waals surface area contributed by atoms with Crippen molar-refractivity contribution in [1.29, 1.82) is 0 Å². The fourth-order valence-corrected chi connectivity index (χ4v) is 4.76. The second kappa shape index (κ2) is 8.61. The predicted octanol–water partition coefficient (Wildman–Crippen LogP) is 2.81. The largest absolute Gasteiger partial charge is 0.353 e. The van der Waals surface area contributed by atoms with E-state index < -0.39 is 0 Å². The highest BCUT2D eigenvalue weighted by atomic mass is 35.5. The maximum absolute atomic E-state index is 12.7. The predicted molar refractivity (Wildman–Crippen MR) is 109 cm³/mol. The number of aryl methyl sites for hydroxylation is 1. The third kappa shape index (κ3) is 4.46. The molecule has 1 aromatic carbocycles. The van der Waals surface area contributed by atoms with Gasteiger partial charge in [-0.3, -0.25) is 9.59 Å². The van der Waals surface area contributed by atoms with Crippen molar-refractivity contribution >= 4 is 29.9 Å². The number of carbonyl (C=O) groups is 2. The van der Waals surface area contributed by atoms with Crippen LogP contribution in [0.15, 0.2) is 24.3 Å². The Kier molecular flexibility index (Phi) is 6.43. The van der Waals surface area contributed by atoms with Gasteiger partial charge in [-0.1, -0.05) is 25.5 Å². The molecule has 3 atom stereocenters. The molecule has 3 fully saturated rings. The molecule has 2 bridgehead atoms. The highest BCUT2D eigenvalue weighted by molar-refractivity contribution is 6.00. The fourth-order valence-electron chi connectivity index (χ4n) is 4.76. The Morgan fingerprint density at radius 1 is 1.19 bits per heavy atom. The van der Waals surface area contributed by atoms with Gasteiger partial charge in [-0.05, 0) is 49.8 Å². The van der Waals surface area contributed by atoms with Crippen molar-refractivity contribution in [2.24, 2.45) is 5.92 Å². The molecule has 0 aromatic heterocycles. The standard InChI is InChI=1S/C21H29N3O2.ClH/c1-2-3-14-4-8-19(9-5-14)24-13-15(10-20(24)25)21(26)23-18-11-16-6-7-17(12-18)22-16;/h4-5,8-9,15-18,22H,2-3,6-7,10-13H2,1H3,(H,23,26);1H. The smallest absolute Gasteiger partial charge is 0.227 e. The van der Waals surface area contributed by atoms with Crippen LogP contribution in [0, 0.1) is 5.92 Å². The van der Waals surface area contributed by atoms with E-state index in [1.807, 2.05) is 12.1 Å². The van der Waals surface area contributed by atoms with Crippen LogP contribution in [0.4, 0.5) is 5.69 Å². The number of carbonyl (C=O) groups excluding carboxylic acids is 2. The number of hydrogen-bond acceptors (Lipinski definition) is 3. The molecule has 3 unspecified atom stereocenters. The molecule has 3 aliphatic heterocycles. The highest BCUT2D eigenvalue weighted by Crippen LogP contribution is 2.29. The molecule has 5 nitrogen and oxygen atoms in total. The summed E-state index contributed by atoms with van der Waals surface area (Å²) in [6, 6.07) is 9.57. The first kappa shape index (κ1) is 20.2. The van der Waals surface area contributed by atoms with Crippen LogP contribution in [0.1, 0.15) is 51.0 Å². The number of halogens is 1. The maximum Gasteiger partial charge on any atom is 0.227 e. The van der Waals surface area contributed by atoms with Crippen LogP contribution in [0.5, 0.6) is 0 Å². The molecule has 3 saturated heterocycles. The molecule has 0 spiro atoms. The second-order valence-electron chi connectivity index (χ2n) is 8.14. The third-order valence-corrected chi connectivity index (χ3v) is 6.10. The summed E-state index contributed by atoms with van der Waals surface area (Å²) in [5.74, 6) is -0.126. The minimum absolute atomic E-state index is 0. The molecule has 3 aliphatic rings. The Labute approximate surface area is 167 Å². The van der Waals surface area contributed by atoms with E-state index in [2.05, 4.69) is 29.7 Å². The second-order valence-corrected chi connectivity index (χ2v) is 8.14. The molecular weight excluding hydrogens is 362 g/mol. The quantitative estimate of drug-likeness (QED) is 0.811. The van der Waals surface area contributed by atoms with Crippen LogP contribution in [0.25, 0.3) is 0 Å². The van der Waals surface area contributed by atoms with Crippen molar-refractivity contribution in [3.63, 3.8) is 0 Å². The number of piperidine rings is 1. The minimum Gasteiger partial charge on any atom is -0.353 e. The number of amides is 2. The summed E-state index contributed by atoms with van der Waals surface area (Å²) in [7, 11) is 0. The van der Waals surface area contributed by atoms with E-state index in [0.717, 1.165) is 31.4 Å². The fraction of sp³-hybridized carbons (Fsp3) is 0.619. The number of benzene rings is 1. The van der Waals surface area contributed by atoms with Gasteiger partial charge in [0, 0.05) is 36.8 Å². The first-order valence-corrected chi connectivity index (χ1v) is 10.1. The Balaban J connectivity index is 0.00000210. The van der Waals surface area contributed by atoms with Crippen LogP contribution < -0.4 is 15.5 Å². The van der Waals surface area contributed by atoms with E-state index in [1.165, 1.54) is 18.4 Å². The van der Waals surface area contributed by atoms with Gasteiger partial charge in [0.05, 0.1) is 5.92 Å². The summed E-state index contributed by atoms with van der Waals surface area (Å²) >= 11 is 0. The zero-order valence-electron chi connectivity index (χ0n) is 15.9. The lowest BCUT2D eigenvalue weighted by atomic mass is 9.98. The molecule has 148 valence electrons. The van der Waals surface area contributed by atoms with Crippen LogP contribution in [0.2, 0.25) is 0 Å². The van der Waals surface area contributed by atoms with Crippen LogP contribution in [0.3, 0.4) is 0 Å². The Bertz CT molecular complexity index is 667. The molecule has 1 aromatic rings. The van der Waals surface area contributed by atoms with Gasteiger partial charge in [0.15, 0.2) is 0 Å².